The van der Waals surface area contributed by atoms with Crippen molar-refractivity contribution in [3.05, 3.63) is 134 Å². The molecule has 2 aromatic carbocycles. The third-order valence-corrected chi connectivity index (χ3v) is 16.1. The van der Waals surface area contributed by atoms with E-state index in [0.717, 1.165) is 62.9 Å². The van der Waals surface area contributed by atoms with Gasteiger partial charge in [0.1, 0.15) is 35.4 Å². The number of aromatic amines is 2. The summed E-state index contributed by atoms with van der Waals surface area (Å²) in [5.74, 6) is 0. The second-order valence-corrected chi connectivity index (χ2v) is 20.9. The predicted octanol–water partition coefficient (Wildman–Crippen LogP) is 7.76. The molecule has 2 aliphatic rings. The molecule has 320 valence electrons. The Kier molecular flexibility index (Phi) is 11.8. The summed E-state index contributed by atoms with van der Waals surface area (Å²) >= 11 is 3.43. The molecular weight excluding hydrogens is 869 g/mol. The number of nitrogens with one attached hydrogen (secondary N) is 2. The summed E-state index contributed by atoms with van der Waals surface area (Å²) in [6, 6.07) is 25.8. The van der Waals surface area contributed by atoms with Crippen LogP contribution in [0.25, 0.3) is 21.8 Å². The fourth-order valence-electron chi connectivity index (χ4n) is 7.02. The molecule has 0 saturated carbocycles. The van der Waals surface area contributed by atoms with Gasteiger partial charge in [-0.1, -0.05) is 81.5 Å². The van der Waals surface area contributed by atoms with Crippen molar-refractivity contribution in [3.8, 4) is 0 Å². The number of hydrogen-bond acceptors (Lipinski definition) is 16. The molecule has 8 heterocycles. The normalized spacial score (nSPS) is 17.1. The van der Waals surface area contributed by atoms with E-state index in [4.69, 9.17) is 9.98 Å². The Bertz CT molecular complexity index is 2640. The molecule has 8 aromatic rings. The maximum atomic E-state index is 10.9. The second-order valence-electron chi connectivity index (χ2n) is 14.3. The molecule has 62 heavy (non-hydrogen) atoms. The maximum absolute atomic E-state index is 10.9. The summed E-state index contributed by atoms with van der Waals surface area (Å²) in [5, 5.41) is 16.8. The Morgan fingerprint density at radius 3 is 1.65 bits per heavy atom. The van der Waals surface area contributed by atoms with E-state index in [2.05, 4.69) is 40.2 Å². The van der Waals surface area contributed by atoms with Gasteiger partial charge in [-0.15, -0.1) is 10.2 Å². The minimum absolute atomic E-state index is 0.230. The molecule has 6 aromatic heterocycles. The molecule has 0 saturated heterocycles. The number of para-hydroxylation sites is 2. The number of aromatic nitrogens is 10. The van der Waals surface area contributed by atoms with E-state index in [0.29, 0.717) is 28.4 Å². The molecule has 6 N–H and O–H groups in total. The number of aliphatic imine (C=N–C) groups is 2. The number of benzene rings is 2. The fourth-order valence-corrected chi connectivity index (χ4v) is 11.5. The highest BCUT2D eigenvalue weighted by atomic mass is 32.3. The van der Waals surface area contributed by atoms with Crippen LogP contribution in [0.4, 0.5) is 11.4 Å². The maximum Gasteiger partial charge on any atom is 0.168 e. The molecule has 0 bridgehead atoms. The quantitative estimate of drug-likeness (QED) is 0.0689. The average Bonchev–Trinajstić information content (AvgIpc) is 4.16. The zero-order valence-corrected chi connectivity index (χ0v) is 36.6. The SMILES string of the molecule is CN(c1cccc2cc(C3=NCC(Cn4cncn4)S3)[nH]c12)S(O)(O)c1ccccn1.CN(c1cccc2cc(C3=NCC(Cn4cnnc4)S3)[nH]c12)S(O)(O)c1ccccn1. The largest absolute Gasteiger partial charge is 0.351 e. The molecule has 22 heteroatoms. The van der Waals surface area contributed by atoms with Crippen LogP contribution in [0.15, 0.2) is 143 Å². The first-order chi connectivity index (χ1) is 30.0. The lowest BCUT2D eigenvalue weighted by atomic mass is 10.2. The van der Waals surface area contributed by atoms with Crippen LogP contribution < -0.4 is 8.61 Å². The summed E-state index contributed by atoms with van der Waals surface area (Å²) in [6.45, 7) is 2.98. The number of pyridine rings is 2. The van der Waals surface area contributed by atoms with Gasteiger partial charge in [-0.05, 0) is 48.5 Å². The molecule has 18 nitrogen and oxygen atoms in total. The lowest BCUT2D eigenvalue weighted by Gasteiger charge is -2.40. The monoisotopic (exact) mass is 910 g/mol. The molecule has 2 atom stereocenters. The summed E-state index contributed by atoms with van der Waals surface area (Å²) in [4.78, 5) is 28.5. The zero-order valence-electron chi connectivity index (χ0n) is 33.3. The van der Waals surface area contributed by atoms with Crippen LogP contribution in [0.2, 0.25) is 0 Å². The van der Waals surface area contributed by atoms with Crippen LogP contribution in [0.3, 0.4) is 0 Å². The molecule has 0 amide bonds. The third-order valence-electron chi connectivity index (χ3n) is 10.2. The predicted molar refractivity (Wildman–Crippen MR) is 250 cm³/mol. The minimum Gasteiger partial charge on any atom is -0.351 e. The van der Waals surface area contributed by atoms with Crippen molar-refractivity contribution in [3.63, 3.8) is 0 Å². The first kappa shape index (κ1) is 41.6. The molecule has 10 rings (SSSR count). The summed E-state index contributed by atoms with van der Waals surface area (Å²) in [5.41, 5.74) is 4.83. The smallest absolute Gasteiger partial charge is 0.168 e. The van der Waals surface area contributed by atoms with Gasteiger partial charge in [0.05, 0.1) is 58.7 Å². The van der Waals surface area contributed by atoms with Crippen LogP contribution >= 0.6 is 45.1 Å². The Morgan fingerprint density at radius 1 is 0.661 bits per heavy atom. The topological polar surface area (TPSA) is 231 Å². The van der Waals surface area contributed by atoms with Gasteiger partial charge in [0.15, 0.2) is 10.1 Å². The first-order valence-corrected chi connectivity index (χ1v) is 24.0. The number of thioether (sulfide) groups is 2. The van der Waals surface area contributed by atoms with E-state index in [-0.39, 0.29) is 10.1 Å². The lowest BCUT2D eigenvalue weighted by molar-refractivity contribution is 0.479. The summed E-state index contributed by atoms with van der Waals surface area (Å²) < 4.78 is 50.3. The Morgan fingerprint density at radius 2 is 1.18 bits per heavy atom. The zero-order chi connectivity index (χ0) is 42.8. The van der Waals surface area contributed by atoms with E-state index >= 15 is 0 Å². The molecule has 0 radical (unpaired) electrons. The van der Waals surface area contributed by atoms with Gasteiger partial charge in [0.25, 0.3) is 0 Å². The number of H-pyrrole nitrogens is 2. The van der Waals surface area contributed by atoms with Crippen molar-refractivity contribution in [1.82, 2.24) is 49.5 Å². The van der Waals surface area contributed by atoms with Crippen molar-refractivity contribution in [2.75, 3.05) is 35.8 Å². The minimum atomic E-state index is -3.28. The van der Waals surface area contributed by atoms with Crippen LogP contribution in [0.5, 0.6) is 0 Å². The van der Waals surface area contributed by atoms with E-state index in [1.807, 2.05) is 57.8 Å². The van der Waals surface area contributed by atoms with Crippen molar-refractivity contribution >= 4 is 88.3 Å². The van der Waals surface area contributed by atoms with Gasteiger partial charge >= 0.3 is 0 Å². The fraction of sp³-hybridized carbons (Fsp3) is 0.200. The van der Waals surface area contributed by atoms with Crippen molar-refractivity contribution in [2.24, 2.45) is 9.98 Å². The van der Waals surface area contributed by atoms with Gasteiger partial charge in [-0.25, -0.2) is 15.0 Å². The Hall–Kier alpha value is -5.72. The molecule has 0 spiro atoms. The second kappa shape index (κ2) is 17.6. The molecular formula is C40H42N14O4S4. The first-order valence-electron chi connectivity index (χ1n) is 19.2. The van der Waals surface area contributed by atoms with E-state index < -0.39 is 21.6 Å². The van der Waals surface area contributed by atoms with E-state index in [1.165, 1.54) is 14.9 Å². The summed E-state index contributed by atoms with van der Waals surface area (Å²) in [6.07, 6.45) is 9.77. The highest BCUT2D eigenvalue weighted by Crippen LogP contribution is 2.53. The van der Waals surface area contributed by atoms with Crippen molar-refractivity contribution in [1.29, 1.82) is 0 Å². The van der Waals surface area contributed by atoms with Gasteiger partial charge in [-0.2, -0.15) is 5.10 Å². The number of anilines is 2. The van der Waals surface area contributed by atoms with Gasteiger partial charge in [0.2, 0.25) is 0 Å². The van der Waals surface area contributed by atoms with Crippen LogP contribution in [0.1, 0.15) is 11.4 Å². The number of nitrogens with zero attached hydrogens (tertiary/aromatic N) is 12. The Labute approximate surface area is 367 Å². The van der Waals surface area contributed by atoms with Crippen molar-refractivity contribution in [2.45, 2.75) is 33.6 Å². The standard InChI is InChI=1S/2C20H21N7O2S2/c1-26(31(28,29)18-7-2-3-8-22-18)17-6-4-5-14-9-16(25-19(14)17)20-23-10-15(30-20)11-27-13-21-12-24-27;1-26(31(28,29)18-7-2-3-8-21-18)17-6-4-5-14-9-16(25-19(14)17)20-22-10-15(30-20)11-27-12-23-24-13-27/h2*2-9,12-13,15,25,28-29H,10-11H2,1H3. The molecule has 2 unspecified atom stereocenters. The summed E-state index contributed by atoms with van der Waals surface area (Å²) in [7, 11) is -3.23. The third kappa shape index (κ3) is 8.55. The Balaban J connectivity index is 0.000000158. The lowest BCUT2D eigenvalue weighted by Crippen LogP contribution is -2.23. The molecule has 0 aliphatic carbocycles. The van der Waals surface area contributed by atoms with Gasteiger partial charge < -0.3 is 14.5 Å². The van der Waals surface area contributed by atoms with Gasteiger partial charge in [0, 0.05) is 49.1 Å². The number of hydrogen-bond donors (Lipinski definition) is 6. The molecule has 0 fully saturated rings. The highest BCUT2D eigenvalue weighted by Gasteiger charge is 2.29. The number of rotatable bonds is 12. The van der Waals surface area contributed by atoms with E-state index in [9.17, 15) is 18.2 Å². The van der Waals surface area contributed by atoms with Crippen LogP contribution in [-0.4, -0.2) is 115 Å². The van der Waals surface area contributed by atoms with Gasteiger partial charge in [-0.3, -0.25) is 41.5 Å². The van der Waals surface area contributed by atoms with Crippen LogP contribution in [-0.2, 0) is 13.1 Å². The highest BCUT2D eigenvalue weighted by molar-refractivity contribution is 8.25. The van der Waals surface area contributed by atoms with Crippen molar-refractivity contribution < 1.29 is 18.2 Å². The average molecular weight is 911 g/mol. The molecule has 2 aliphatic heterocycles. The van der Waals surface area contributed by atoms with E-state index in [1.54, 1.807) is 105 Å². The van der Waals surface area contributed by atoms with Crippen LogP contribution in [0, 0.1) is 0 Å². The number of fused-ring (bicyclic) bond motifs is 2.